The van der Waals surface area contributed by atoms with Crippen LogP contribution < -0.4 is 5.32 Å². The molecule has 0 radical (unpaired) electrons. The zero-order chi connectivity index (χ0) is 13.7. The van der Waals surface area contributed by atoms with Gasteiger partial charge in [0.1, 0.15) is 5.52 Å². The number of oxazole rings is 1. The molecule has 0 bridgehead atoms. The number of hydrogen-bond donors (Lipinski definition) is 1. The van der Waals surface area contributed by atoms with Crippen LogP contribution in [0.3, 0.4) is 0 Å². The smallest absolute Gasteiger partial charge is 0.251 e. The maximum Gasteiger partial charge on any atom is 0.251 e. The monoisotopic (exact) mass is 260 g/mol. The molecule has 0 unspecified atom stereocenters. The molecule has 4 heteroatoms. The SMILES string of the molecule is CCCC(CCC)NC(=O)c1ccc2ncoc2c1. The van der Waals surface area contributed by atoms with Crippen molar-refractivity contribution < 1.29 is 9.21 Å². The largest absolute Gasteiger partial charge is 0.443 e. The van der Waals surface area contributed by atoms with E-state index in [0.717, 1.165) is 31.2 Å². The van der Waals surface area contributed by atoms with E-state index in [4.69, 9.17) is 4.42 Å². The van der Waals surface area contributed by atoms with Crippen molar-refractivity contribution in [3.8, 4) is 0 Å². The van der Waals surface area contributed by atoms with Gasteiger partial charge in [0.15, 0.2) is 12.0 Å². The van der Waals surface area contributed by atoms with Gasteiger partial charge in [-0.3, -0.25) is 4.79 Å². The van der Waals surface area contributed by atoms with Crippen molar-refractivity contribution in [2.45, 2.75) is 45.6 Å². The first-order valence-corrected chi connectivity index (χ1v) is 6.88. The van der Waals surface area contributed by atoms with Gasteiger partial charge in [-0.05, 0) is 31.0 Å². The summed E-state index contributed by atoms with van der Waals surface area (Å²) in [6.07, 6.45) is 5.58. The highest BCUT2D eigenvalue weighted by Gasteiger charge is 2.13. The van der Waals surface area contributed by atoms with Gasteiger partial charge in [0.05, 0.1) is 0 Å². The van der Waals surface area contributed by atoms with Crippen molar-refractivity contribution in [2.75, 3.05) is 0 Å². The van der Waals surface area contributed by atoms with Crippen LogP contribution in [0.2, 0.25) is 0 Å². The van der Waals surface area contributed by atoms with Gasteiger partial charge in [0, 0.05) is 11.6 Å². The molecule has 2 rings (SSSR count). The number of aromatic nitrogens is 1. The molecule has 0 aliphatic rings. The normalized spacial score (nSPS) is 11.1. The molecule has 1 heterocycles. The predicted octanol–water partition coefficient (Wildman–Crippen LogP) is 3.53. The van der Waals surface area contributed by atoms with E-state index < -0.39 is 0 Å². The quantitative estimate of drug-likeness (QED) is 0.864. The molecular formula is C15H20N2O2. The van der Waals surface area contributed by atoms with Gasteiger partial charge in [-0.1, -0.05) is 26.7 Å². The molecule has 0 fully saturated rings. The van der Waals surface area contributed by atoms with E-state index in [0.29, 0.717) is 11.1 Å². The fourth-order valence-corrected chi connectivity index (χ4v) is 2.25. The Morgan fingerprint density at radius 2 is 2.05 bits per heavy atom. The van der Waals surface area contributed by atoms with Gasteiger partial charge >= 0.3 is 0 Å². The highest BCUT2D eigenvalue weighted by Crippen LogP contribution is 2.15. The Hall–Kier alpha value is -1.84. The summed E-state index contributed by atoms with van der Waals surface area (Å²) >= 11 is 0. The number of carbonyl (C=O) groups is 1. The van der Waals surface area contributed by atoms with Crippen molar-refractivity contribution in [1.82, 2.24) is 10.3 Å². The van der Waals surface area contributed by atoms with Crippen molar-refractivity contribution in [3.05, 3.63) is 30.2 Å². The number of fused-ring (bicyclic) bond motifs is 1. The summed E-state index contributed by atoms with van der Waals surface area (Å²) in [6.45, 7) is 4.27. The highest BCUT2D eigenvalue weighted by atomic mass is 16.3. The average molecular weight is 260 g/mol. The molecule has 1 amide bonds. The predicted molar refractivity (Wildman–Crippen MR) is 75.1 cm³/mol. The van der Waals surface area contributed by atoms with Gasteiger partial charge in [-0.25, -0.2) is 4.98 Å². The molecule has 19 heavy (non-hydrogen) atoms. The molecule has 1 aromatic carbocycles. The van der Waals surface area contributed by atoms with E-state index in [1.54, 1.807) is 12.1 Å². The summed E-state index contributed by atoms with van der Waals surface area (Å²) in [7, 11) is 0. The molecule has 0 saturated carbocycles. The van der Waals surface area contributed by atoms with Crippen LogP contribution in [0.4, 0.5) is 0 Å². The van der Waals surface area contributed by atoms with Crippen LogP contribution in [0.25, 0.3) is 11.1 Å². The third-order valence-electron chi connectivity index (χ3n) is 3.20. The summed E-state index contributed by atoms with van der Waals surface area (Å²) in [6, 6.07) is 5.59. The van der Waals surface area contributed by atoms with Crippen LogP contribution >= 0.6 is 0 Å². The summed E-state index contributed by atoms with van der Waals surface area (Å²) in [5, 5.41) is 3.09. The zero-order valence-electron chi connectivity index (χ0n) is 11.5. The van der Waals surface area contributed by atoms with Crippen molar-refractivity contribution in [2.24, 2.45) is 0 Å². The molecule has 0 aliphatic carbocycles. The van der Waals surface area contributed by atoms with Crippen molar-refractivity contribution >= 4 is 17.0 Å². The first-order chi connectivity index (χ1) is 9.24. The van der Waals surface area contributed by atoms with Crippen LogP contribution in [0.5, 0.6) is 0 Å². The third kappa shape index (κ3) is 3.34. The molecule has 0 saturated heterocycles. The Kier molecular flexibility index (Phi) is 4.55. The highest BCUT2D eigenvalue weighted by molar-refractivity contribution is 5.97. The Bertz CT molecular complexity index is 542. The minimum Gasteiger partial charge on any atom is -0.443 e. The van der Waals surface area contributed by atoms with Crippen LogP contribution in [0, 0.1) is 0 Å². The van der Waals surface area contributed by atoms with Crippen LogP contribution in [0.1, 0.15) is 49.9 Å². The Balaban J connectivity index is 2.09. The standard InChI is InChI=1S/C15H20N2O2/c1-3-5-12(6-4-2)17-15(18)11-7-8-13-14(9-11)19-10-16-13/h7-10,12H,3-6H2,1-2H3,(H,17,18). The molecule has 1 N–H and O–H groups in total. The number of nitrogens with zero attached hydrogens (tertiary/aromatic N) is 1. The maximum absolute atomic E-state index is 12.2. The molecule has 102 valence electrons. The molecule has 1 aromatic heterocycles. The minimum absolute atomic E-state index is 0.0369. The Labute approximate surface area is 113 Å². The molecular weight excluding hydrogens is 240 g/mol. The summed E-state index contributed by atoms with van der Waals surface area (Å²) in [4.78, 5) is 16.2. The Morgan fingerprint density at radius 3 is 2.74 bits per heavy atom. The summed E-state index contributed by atoms with van der Waals surface area (Å²) in [5.74, 6) is -0.0369. The molecule has 4 nitrogen and oxygen atoms in total. The summed E-state index contributed by atoms with van der Waals surface area (Å²) < 4.78 is 5.22. The maximum atomic E-state index is 12.2. The van der Waals surface area contributed by atoms with E-state index >= 15 is 0 Å². The number of nitrogens with one attached hydrogen (secondary N) is 1. The number of benzene rings is 1. The molecule has 0 atom stereocenters. The van der Waals surface area contributed by atoms with E-state index in [2.05, 4.69) is 24.1 Å². The number of hydrogen-bond acceptors (Lipinski definition) is 3. The molecule has 0 spiro atoms. The van der Waals surface area contributed by atoms with Crippen LogP contribution in [-0.4, -0.2) is 16.9 Å². The van der Waals surface area contributed by atoms with Gasteiger partial charge < -0.3 is 9.73 Å². The second-order valence-electron chi connectivity index (χ2n) is 4.78. The first-order valence-electron chi connectivity index (χ1n) is 6.88. The lowest BCUT2D eigenvalue weighted by Crippen LogP contribution is -2.34. The van der Waals surface area contributed by atoms with Crippen molar-refractivity contribution in [1.29, 1.82) is 0 Å². The van der Waals surface area contributed by atoms with E-state index in [1.165, 1.54) is 6.39 Å². The minimum atomic E-state index is -0.0369. The van der Waals surface area contributed by atoms with E-state index in [-0.39, 0.29) is 11.9 Å². The van der Waals surface area contributed by atoms with Gasteiger partial charge in [0.2, 0.25) is 0 Å². The third-order valence-corrected chi connectivity index (χ3v) is 3.20. The number of amides is 1. The fraction of sp³-hybridized carbons (Fsp3) is 0.467. The lowest BCUT2D eigenvalue weighted by atomic mass is 10.1. The number of carbonyl (C=O) groups excluding carboxylic acids is 1. The first kappa shape index (κ1) is 13.6. The lowest BCUT2D eigenvalue weighted by Gasteiger charge is -2.17. The zero-order valence-corrected chi connectivity index (χ0v) is 11.5. The molecule has 0 aliphatic heterocycles. The van der Waals surface area contributed by atoms with Crippen LogP contribution in [-0.2, 0) is 0 Å². The van der Waals surface area contributed by atoms with Gasteiger partial charge in [-0.2, -0.15) is 0 Å². The second-order valence-corrected chi connectivity index (χ2v) is 4.78. The van der Waals surface area contributed by atoms with Gasteiger partial charge in [-0.15, -0.1) is 0 Å². The summed E-state index contributed by atoms with van der Waals surface area (Å²) in [5.41, 5.74) is 2.05. The van der Waals surface area contributed by atoms with Crippen LogP contribution in [0.15, 0.2) is 29.0 Å². The lowest BCUT2D eigenvalue weighted by molar-refractivity contribution is 0.0932. The Morgan fingerprint density at radius 1 is 1.32 bits per heavy atom. The average Bonchev–Trinajstić information content (AvgIpc) is 2.86. The van der Waals surface area contributed by atoms with Gasteiger partial charge in [0.25, 0.3) is 5.91 Å². The second kappa shape index (κ2) is 6.36. The topological polar surface area (TPSA) is 55.1 Å². The van der Waals surface area contributed by atoms with Crippen molar-refractivity contribution in [3.63, 3.8) is 0 Å². The van der Waals surface area contributed by atoms with E-state index in [1.807, 2.05) is 6.07 Å². The molecule has 2 aromatic rings. The fourth-order valence-electron chi connectivity index (χ4n) is 2.25. The van der Waals surface area contributed by atoms with E-state index in [9.17, 15) is 4.79 Å². The number of rotatable bonds is 6.